The second-order valence-corrected chi connectivity index (χ2v) is 12.1. The number of rotatable bonds is 10. The molecular formula is C24H29Cl2IN6O2S. The largest absolute Gasteiger partial charge is 0.369 e. The Balaban J connectivity index is 1.42. The first-order valence-electron chi connectivity index (χ1n) is 11.7. The molecule has 0 saturated carbocycles. The Kier molecular flexibility index (Phi) is 9.64. The summed E-state index contributed by atoms with van der Waals surface area (Å²) in [6.45, 7) is 4.23. The molecule has 8 nitrogen and oxygen atoms in total. The van der Waals surface area contributed by atoms with E-state index in [1.54, 1.807) is 12.1 Å². The van der Waals surface area contributed by atoms with Gasteiger partial charge in [-0.1, -0.05) is 64.0 Å². The van der Waals surface area contributed by atoms with E-state index in [9.17, 15) is 8.42 Å². The lowest BCUT2D eigenvalue weighted by Gasteiger charge is -2.33. The summed E-state index contributed by atoms with van der Waals surface area (Å²) >= 11 is 14.6. The number of alkyl halides is 1. The molecule has 1 fully saturated rings. The van der Waals surface area contributed by atoms with Gasteiger partial charge in [0.05, 0.1) is 26.7 Å². The van der Waals surface area contributed by atoms with Crippen LogP contribution in [0.15, 0.2) is 47.4 Å². The number of para-hydroxylation sites is 1. The number of fused-ring (bicyclic) bond motifs is 1. The molecule has 1 saturated heterocycles. The molecule has 4 rings (SSSR count). The summed E-state index contributed by atoms with van der Waals surface area (Å²) in [7, 11) is -1.61. The van der Waals surface area contributed by atoms with Crippen molar-refractivity contribution in [3.8, 4) is 0 Å². The van der Waals surface area contributed by atoms with Crippen molar-refractivity contribution in [2.24, 2.45) is 0 Å². The van der Waals surface area contributed by atoms with E-state index in [1.165, 1.54) is 10.4 Å². The first-order valence-corrected chi connectivity index (χ1v) is 15.4. The van der Waals surface area contributed by atoms with Crippen LogP contribution in [-0.2, 0) is 16.6 Å². The van der Waals surface area contributed by atoms with Crippen molar-refractivity contribution in [3.05, 3.63) is 58.3 Å². The van der Waals surface area contributed by atoms with E-state index in [2.05, 4.69) is 44.8 Å². The molecule has 2 heterocycles. The third-order valence-corrected chi connectivity index (χ3v) is 10.1. The maximum atomic E-state index is 13.1. The van der Waals surface area contributed by atoms with Gasteiger partial charge in [-0.2, -0.15) is 4.31 Å². The van der Waals surface area contributed by atoms with Crippen LogP contribution in [0.5, 0.6) is 0 Å². The molecule has 0 radical (unpaired) electrons. The van der Waals surface area contributed by atoms with Crippen molar-refractivity contribution in [2.75, 3.05) is 56.2 Å². The summed E-state index contributed by atoms with van der Waals surface area (Å²) in [4.78, 5) is 14.1. The van der Waals surface area contributed by atoms with Gasteiger partial charge < -0.3 is 5.32 Å². The Hall–Kier alpha value is -1.28. The molecule has 0 atom stereocenters. The van der Waals surface area contributed by atoms with Crippen LogP contribution in [0.25, 0.3) is 10.9 Å². The molecule has 3 aromatic rings. The van der Waals surface area contributed by atoms with E-state index in [4.69, 9.17) is 33.2 Å². The van der Waals surface area contributed by atoms with E-state index < -0.39 is 10.0 Å². The van der Waals surface area contributed by atoms with E-state index in [-0.39, 0.29) is 14.9 Å². The number of benzene rings is 2. The standard InChI is InChI=1S/C24H29Cl2IN6O2S/c1-31(17-27)11-5-10-28-24-18-6-2-3-8-20(18)29-22(30-24)16-32-12-14-33(15-13-32)36(34,35)21-9-4-7-19(25)23(21)26/h2-4,6-9H,5,10-17H2,1H3,(H,28,29,30). The van der Waals surface area contributed by atoms with Crippen LogP contribution in [0, 0.1) is 0 Å². The van der Waals surface area contributed by atoms with Crippen LogP contribution in [-0.4, -0.2) is 83.4 Å². The highest BCUT2D eigenvalue weighted by molar-refractivity contribution is 14.1. The van der Waals surface area contributed by atoms with Crippen molar-refractivity contribution in [1.29, 1.82) is 0 Å². The van der Waals surface area contributed by atoms with E-state index in [0.717, 1.165) is 46.6 Å². The van der Waals surface area contributed by atoms with E-state index in [0.29, 0.717) is 32.7 Å². The maximum absolute atomic E-state index is 13.1. The minimum atomic E-state index is -3.72. The summed E-state index contributed by atoms with van der Waals surface area (Å²) in [6, 6.07) is 12.7. The number of nitrogens with zero attached hydrogens (tertiary/aromatic N) is 5. The van der Waals surface area contributed by atoms with Crippen LogP contribution in [0.2, 0.25) is 10.0 Å². The van der Waals surface area contributed by atoms with Crippen molar-refractivity contribution < 1.29 is 8.42 Å². The topological polar surface area (TPSA) is 81.7 Å². The van der Waals surface area contributed by atoms with Gasteiger partial charge in [-0.25, -0.2) is 18.4 Å². The number of halogens is 3. The lowest BCUT2D eigenvalue weighted by atomic mass is 10.2. The number of piperazine rings is 1. The minimum Gasteiger partial charge on any atom is -0.369 e. The molecule has 0 bridgehead atoms. The summed E-state index contributed by atoms with van der Waals surface area (Å²) in [6.07, 6.45) is 1.01. The van der Waals surface area contributed by atoms with Gasteiger partial charge in [0.1, 0.15) is 16.5 Å². The molecule has 1 aromatic heterocycles. The first-order chi connectivity index (χ1) is 17.3. The van der Waals surface area contributed by atoms with E-state index >= 15 is 0 Å². The molecule has 0 spiro atoms. The summed E-state index contributed by atoms with van der Waals surface area (Å²) in [5.41, 5.74) is 0.895. The normalized spacial score (nSPS) is 15.6. The predicted molar refractivity (Wildman–Crippen MR) is 155 cm³/mol. The average Bonchev–Trinajstić information content (AvgIpc) is 2.88. The fourth-order valence-electron chi connectivity index (χ4n) is 4.10. The molecule has 36 heavy (non-hydrogen) atoms. The zero-order valence-electron chi connectivity index (χ0n) is 20.0. The third kappa shape index (κ3) is 6.58. The Morgan fingerprint density at radius 2 is 1.81 bits per heavy atom. The number of anilines is 1. The van der Waals surface area contributed by atoms with Crippen molar-refractivity contribution in [2.45, 2.75) is 17.9 Å². The Labute approximate surface area is 236 Å². The third-order valence-electron chi connectivity index (χ3n) is 6.09. The molecule has 194 valence electrons. The summed E-state index contributed by atoms with van der Waals surface area (Å²) in [5, 5.41) is 4.78. The number of aromatic nitrogens is 2. The molecule has 0 amide bonds. The Morgan fingerprint density at radius 1 is 1.06 bits per heavy atom. The zero-order valence-corrected chi connectivity index (χ0v) is 24.5. The fraction of sp³-hybridized carbons (Fsp3) is 0.417. The first kappa shape index (κ1) is 27.7. The summed E-state index contributed by atoms with van der Waals surface area (Å²) < 4.78 is 28.7. The number of hydrogen-bond acceptors (Lipinski definition) is 7. The van der Waals surface area contributed by atoms with Crippen molar-refractivity contribution in [3.63, 3.8) is 0 Å². The molecule has 2 aromatic carbocycles. The minimum absolute atomic E-state index is 0.0448. The molecule has 0 unspecified atom stereocenters. The molecule has 1 aliphatic heterocycles. The van der Waals surface area contributed by atoms with Gasteiger partial charge in [-0.05, 0) is 37.7 Å². The molecular weight excluding hydrogens is 634 g/mol. The van der Waals surface area contributed by atoms with Crippen LogP contribution in [0.4, 0.5) is 5.82 Å². The monoisotopic (exact) mass is 662 g/mol. The molecule has 12 heteroatoms. The van der Waals surface area contributed by atoms with Crippen LogP contribution in [0.1, 0.15) is 12.2 Å². The van der Waals surface area contributed by atoms with Crippen molar-refractivity contribution >= 4 is 72.5 Å². The van der Waals surface area contributed by atoms with Crippen LogP contribution < -0.4 is 5.32 Å². The number of nitrogens with one attached hydrogen (secondary N) is 1. The maximum Gasteiger partial charge on any atom is 0.244 e. The van der Waals surface area contributed by atoms with Gasteiger partial charge in [0.25, 0.3) is 0 Å². The SMILES string of the molecule is CN(CI)CCCNc1nc(CN2CCN(S(=O)(=O)c3cccc(Cl)c3Cl)CC2)nc2ccccc12. The molecule has 1 N–H and O–H groups in total. The summed E-state index contributed by atoms with van der Waals surface area (Å²) in [5.74, 6) is 1.55. The lowest BCUT2D eigenvalue weighted by molar-refractivity contribution is 0.178. The van der Waals surface area contributed by atoms with Gasteiger partial charge in [0.2, 0.25) is 10.0 Å². The Bertz CT molecular complexity index is 1310. The highest BCUT2D eigenvalue weighted by Crippen LogP contribution is 2.31. The van der Waals surface area contributed by atoms with E-state index in [1.807, 2.05) is 24.3 Å². The van der Waals surface area contributed by atoms with Gasteiger partial charge in [0.15, 0.2) is 0 Å². The smallest absolute Gasteiger partial charge is 0.244 e. The average molecular weight is 663 g/mol. The van der Waals surface area contributed by atoms with Crippen LogP contribution >= 0.6 is 45.8 Å². The fourth-order valence-corrected chi connectivity index (χ4v) is 6.60. The van der Waals surface area contributed by atoms with Gasteiger partial charge in [-0.15, -0.1) is 0 Å². The van der Waals surface area contributed by atoms with Crippen molar-refractivity contribution in [1.82, 2.24) is 24.1 Å². The number of hydrogen-bond donors (Lipinski definition) is 1. The zero-order chi connectivity index (χ0) is 25.7. The highest BCUT2D eigenvalue weighted by atomic mass is 127. The van der Waals surface area contributed by atoms with Gasteiger partial charge >= 0.3 is 0 Å². The quantitative estimate of drug-likeness (QED) is 0.147. The van der Waals surface area contributed by atoms with Crippen LogP contribution in [0.3, 0.4) is 0 Å². The molecule has 0 aliphatic carbocycles. The second-order valence-electron chi connectivity index (χ2n) is 8.72. The second kappa shape index (κ2) is 12.5. The lowest BCUT2D eigenvalue weighted by Crippen LogP contribution is -2.48. The predicted octanol–water partition coefficient (Wildman–Crippen LogP) is 4.57. The number of sulfonamides is 1. The molecule has 1 aliphatic rings. The van der Waals surface area contributed by atoms with Gasteiger partial charge in [0, 0.05) is 44.7 Å². The Morgan fingerprint density at radius 3 is 2.56 bits per heavy atom. The highest BCUT2D eigenvalue weighted by Gasteiger charge is 2.31. The van der Waals surface area contributed by atoms with Gasteiger partial charge in [-0.3, -0.25) is 9.80 Å².